The van der Waals surface area contributed by atoms with Gasteiger partial charge in [-0.05, 0) is 19.3 Å². The summed E-state index contributed by atoms with van der Waals surface area (Å²) in [6.07, 6.45) is 13.1. The van der Waals surface area contributed by atoms with Gasteiger partial charge >= 0.3 is 0 Å². The molecule has 0 aromatic heterocycles. The third kappa shape index (κ3) is 5.60. The molecule has 1 aliphatic rings. The van der Waals surface area contributed by atoms with Crippen molar-refractivity contribution < 1.29 is 4.79 Å². The molecule has 0 heterocycles. The Labute approximate surface area is 93.1 Å². The molecule has 1 amide bonds. The summed E-state index contributed by atoms with van der Waals surface area (Å²) >= 11 is 0. The van der Waals surface area contributed by atoms with E-state index in [1.54, 1.807) is 0 Å². The lowest BCUT2D eigenvalue weighted by Gasteiger charge is -2.22. The summed E-state index contributed by atoms with van der Waals surface area (Å²) in [5, 5.41) is 3.11. The molecule has 0 spiro atoms. The van der Waals surface area contributed by atoms with Crippen LogP contribution in [0, 0.1) is 0 Å². The van der Waals surface area contributed by atoms with Crippen molar-refractivity contribution in [1.82, 2.24) is 5.32 Å². The molecule has 0 saturated heterocycles. The molecule has 15 heavy (non-hydrogen) atoms. The molecule has 0 aromatic carbocycles. The number of unbranched alkanes of at least 4 members (excludes halogenated alkanes) is 1. The minimum Gasteiger partial charge on any atom is -0.353 e. The summed E-state index contributed by atoms with van der Waals surface area (Å²) in [7, 11) is 0. The summed E-state index contributed by atoms with van der Waals surface area (Å²) in [4.78, 5) is 11.5. The first-order valence-corrected chi connectivity index (χ1v) is 6.27. The molecule has 1 fully saturated rings. The smallest absolute Gasteiger partial charge is 0.224 e. The average Bonchev–Trinajstić information content (AvgIpc) is 2.26. The number of carbonyl (C=O) groups excluding carboxylic acids is 1. The van der Waals surface area contributed by atoms with E-state index in [4.69, 9.17) is 0 Å². The summed E-state index contributed by atoms with van der Waals surface area (Å²) in [5.41, 5.74) is 0. The number of amides is 1. The molecule has 0 atom stereocenters. The number of rotatable bonds is 5. The number of hydrogen-bond acceptors (Lipinski definition) is 1. The second-order valence-corrected chi connectivity index (χ2v) is 4.37. The van der Waals surface area contributed by atoms with E-state index in [0.29, 0.717) is 12.5 Å². The van der Waals surface area contributed by atoms with Crippen molar-refractivity contribution >= 4 is 5.91 Å². The minimum atomic E-state index is 0.189. The standard InChI is InChI=1S/C13H23NO/c1-2-3-4-8-11-13(15)14-12-9-6-5-7-10-12/h4,8,12H,2-3,5-7,9-11H2,1H3,(H,14,15)/b8-4+. The van der Waals surface area contributed by atoms with Crippen LogP contribution >= 0.6 is 0 Å². The molecule has 0 bridgehead atoms. The van der Waals surface area contributed by atoms with Crippen molar-refractivity contribution in [3.8, 4) is 0 Å². The number of allylic oxidation sites excluding steroid dienone is 1. The first-order valence-electron chi connectivity index (χ1n) is 6.27. The molecule has 0 radical (unpaired) electrons. The van der Waals surface area contributed by atoms with Crippen LogP contribution in [0.25, 0.3) is 0 Å². The highest BCUT2D eigenvalue weighted by Gasteiger charge is 2.14. The molecule has 1 saturated carbocycles. The SMILES string of the molecule is CCC/C=C/CC(=O)NC1CCCCC1. The van der Waals surface area contributed by atoms with Gasteiger partial charge in [0.25, 0.3) is 0 Å². The molecular formula is C13H23NO. The van der Waals surface area contributed by atoms with Crippen molar-refractivity contribution in [2.45, 2.75) is 64.3 Å². The monoisotopic (exact) mass is 209 g/mol. The van der Waals surface area contributed by atoms with E-state index < -0.39 is 0 Å². The van der Waals surface area contributed by atoms with Gasteiger partial charge in [-0.2, -0.15) is 0 Å². The van der Waals surface area contributed by atoms with Gasteiger partial charge < -0.3 is 5.32 Å². The Morgan fingerprint density at radius 1 is 1.27 bits per heavy atom. The van der Waals surface area contributed by atoms with E-state index in [1.165, 1.54) is 32.1 Å². The van der Waals surface area contributed by atoms with Gasteiger partial charge in [-0.3, -0.25) is 4.79 Å². The maximum Gasteiger partial charge on any atom is 0.224 e. The Hall–Kier alpha value is -0.790. The number of hydrogen-bond donors (Lipinski definition) is 1. The van der Waals surface area contributed by atoms with Crippen LogP contribution in [-0.2, 0) is 4.79 Å². The Morgan fingerprint density at radius 2 is 2.00 bits per heavy atom. The minimum absolute atomic E-state index is 0.189. The summed E-state index contributed by atoms with van der Waals surface area (Å²) in [6, 6.07) is 0.450. The molecular weight excluding hydrogens is 186 g/mol. The van der Waals surface area contributed by atoms with E-state index >= 15 is 0 Å². The second-order valence-electron chi connectivity index (χ2n) is 4.37. The molecule has 2 heteroatoms. The fourth-order valence-electron chi connectivity index (χ4n) is 2.01. The zero-order valence-corrected chi connectivity index (χ0v) is 9.80. The van der Waals surface area contributed by atoms with Gasteiger partial charge in [0.2, 0.25) is 5.91 Å². The quantitative estimate of drug-likeness (QED) is 0.692. The largest absolute Gasteiger partial charge is 0.353 e. The van der Waals surface area contributed by atoms with Crippen LogP contribution in [0.3, 0.4) is 0 Å². The number of nitrogens with one attached hydrogen (secondary N) is 1. The lowest BCUT2D eigenvalue weighted by atomic mass is 9.95. The Balaban J connectivity index is 2.11. The molecule has 0 unspecified atom stereocenters. The second kappa shape index (κ2) is 7.49. The fraction of sp³-hybridized carbons (Fsp3) is 0.769. The van der Waals surface area contributed by atoms with Gasteiger partial charge in [0.05, 0.1) is 0 Å². The van der Waals surface area contributed by atoms with Crippen LogP contribution in [0.2, 0.25) is 0 Å². The normalized spacial score (nSPS) is 18.2. The Bertz CT molecular complexity index is 205. The van der Waals surface area contributed by atoms with Crippen LogP contribution in [0.4, 0.5) is 0 Å². The Kier molecular flexibility index (Phi) is 6.14. The van der Waals surface area contributed by atoms with Crippen molar-refractivity contribution in [2.75, 3.05) is 0 Å². The van der Waals surface area contributed by atoms with Crippen LogP contribution in [-0.4, -0.2) is 11.9 Å². The van der Waals surface area contributed by atoms with Gasteiger partial charge in [-0.15, -0.1) is 0 Å². The van der Waals surface area contributed by atoms with Crippen LogP contribution in [0.5, 0.6) is 0 Å². The highest BCUT2D eigenvalue weighted by Crippen LogP contribution is 2.17. The van der Waals surface area contributed by atoms with Crippen LogP contribution in [0.1, 0.15) is 58.3 Å². The van der Waals surface area contributed by atoms with Crippen LogP contribution in [0.15, 0.2) is 12.2 Å². The van der Waals surface area contributed by atoms with Crippen molar-refractivity contribution in [3.05, 3.63) is 12.2 Å². The summed E-state index contributed by atoms with van der Waals surface area (Å²) in [6.45, 7) is 2.15. The summed E-state index contributed by atoms with van der Waals surface area (Å²) < 4.78 is 0. The van der Waals surface area contributed by atoms with Gasteiger partial charge in [0.1, 0.15) is 0 Å². The molecule has 86 valence electrons. The highest BCUT2D eigenvalue weighted by molar-refractivity contribution is 5.77. The summed E-state index contributed by atoms with van der Waals surface area (Å²) in [5.74, 6) is 0.189. The topological polar surface area (TPSA) is 29.1 Å². The van der Waals surface area contributed by atoms with Gasteiger partial charge in [0, 0.05) is 12.5 Å². The van der Waals surface area contributed by atoms with E-state index in [2.05, 4.69) is 18.3 Å². The zero-order chi connectivity index (χ0) is 10.9. The fourth-order valence-corrected chi connectivity index (χ4v) is 2.01. The van der Waals surface area contributed by atoms with E-state index in [9.17, 15) is 4.79 Å². The predicted octanol–water partition coefficient (Wildman–Crippen LogP) is 3.18. The third-order valence-corrected chi connectivity index (χ3v) is 2.90. The molecule has 1 aliphatic carbocycles. The zero-order valence-electron chi connectivity index (χ0n) is 9.80. The molecule has 1 rings (SSSR count). The van der Waals surface area contributed by atoms with E-state index in [1.807, 2.05) is 6.08 Å². The molecule has 2 nitrogen and oxygen atoms in total. The van der Waals surface area contributed by atoms with Crippen LogP contribution < -0.4 is 5.32 Å². The maximum absolute atomic E-state index is 11.5. The van der Waals surface area contributed by atoms with Crippen molar-refractivity contribution in [2.24, 2.45) is 0 Å². The molecule has 1 N–H and O–H groups in total. The highest BCUT2D eigenvalue weighted by atomic mass is 16.1. The molecule has 0 aromatic rings. The Morgan fingerprint density at radius 3 is 2.67 bits per heavy atom. The molecule has 0 aliphatic heterocycles. The van der Waals surface area contributed by atoms with Crippen molar-refractivity contribution in [3.63, 3.8) is 0 Å². The maximum atomic E-state index is 11.5. The third-order valence-electron chi connectivity index (χ3n) is 2.90. The van der Waals surface area contributed by atoms with Gasteiger partial charge in [-0.1, -0.05) is 44.8 Å². The lowest BCUT2D eigenvalue weighted by Crippen LogP contribution is -2.35. The van der Waals surface area contributed by atoms with E-state index in [-0.39, 0.29) is 5.91 Å². The van der Waals surface area contributed by atoms with Gasteiger partial charge in [-0.25, -0.2) is 0 Å². The number of carbonyl (C=O) groups is 1. The average molecular weight is 209 g/mol. The van der Waals surface area contributed by atoms with Crippen molar-refractivity contribution in [1.29, 1.82) is 0 Å². The first kappa shape index (κ1) is 12.3. The lowest BCUT2D eigenvalue weighted by molar-refractivity contribution is -0.121. The predicted molar refractivity (Wildman–Crippen MR) is 63.7 cm³/mol. The van der Waals surface area contributed by atoms with Gasteiger partial charge in [0.15, 0.2) is 0 Å². The first-order chi connectivity index (χ1) is 7.33. The van der Waals surface area contributed by atoms with E-state index in [0.717, 1.165) is 12.8 Å².